The van der Waals surface area contributed by atoms with Gasteiger partial charge in [0.1, 0.15) is 0 Å². The maximum absolute atomic E-state index is 4.96. The molecule has 0 spiro atoms. The Hall–Kier alpha value is -1.83. The third-order valence-electron chi connectivity index (χ3n) is 5.20. The Bertz CT molecular complexity index is 726. The molecule has 1 unspecified atom stereocenters. The number of benzene rings is 1. The number of hydrogen-bond donors (Lipinski definition) is 0. The predicted molar refractivity (Wildman–Crippen MR) is 102 cm³/mol. The van der Waals surface area contributed by atoms with E-state index >= 15 is 0 Å². The summed E-state index contributed by atoms with van der Waals surface area (Å²) in [5, 5.41) is 4.96. The summed E-state index contributed by atoms with van der Waals surface area (Å²) >= 11 is 0. The van der Waals surface area contributed by atoms with Crippen LogP contribution in [-0.4, -0.2) is 9.78 Å². The summed E-state index contributed by atoms with van der Waals surface area (Å²) in [4.78, 5) is 0. The molecule has 0 aliphatic heterocycles. The van der Waals surface area contributed by atoms with Crippen molar-refractivity contribution >= 4 is 0 Å². The standard InChI is InChI=1S/C22H30N2/c1-16-7-6-8-18(10-9-16)21-15-17(2)24(23-21)20-13-11-19(12-14-20)22(3,4)5/h7,11-15,18H,6,8-10H2,1-5H3. The van der Waals surface area contributed by atoms with Crippen LogP contribution in [0.3, 0.4) is 0 Å². The van der Waals surface area contributed by atoms with Gasteiger partial charge >= 0.3 is 0 Å². The minimum absolute atomic E-state index is 0.189. The molecule has 0 saturated carbocycles. The number of hydrogen-bond acceptors (Lipinski definition) is 1. The van der Waals surface area contributed by atoms with Crippen LogP contribution in [0.5, 0.6) is 0 Å². The van der Waals surface area contributed by atoms with Crippen LogP contribution >= 0.6 is 0 Å². The zero-order chi connectivity index (χ0) is 17.3. The van der Waals surface area contributed by atoms with Crippen LogP contribution < -0.4 is 0 Å². The van der Waals surface area contributed by atoms with Gasteiger partial charge in [0.25, 0.3) is 0 Å². The number of allylic oxidation sites excluding steroid dienone is 2. The summed E-state index contributed by atoms with van der Waals surface area (Å²) in [7, 11) is 0. The van der Waals surface area contributed by atoms with Crippen LogP contribution in [0.15, 0.2) is 42.0 Å². The highest BCUT2D eigenvalue weighted by molar-refractivity contribution is 5.38. The highest BCUT2D eigenvalue weighted by Gasteiger charge is 2.19. The van der Waals surface area contributed by atoms with E-state index in [1.54, 1.807) is 0 Å². The first-order valence-corrected chi connectivity index (χ1v) is 9.18. The number of aromatic nitrogens is 2. The average Bonchev–Trinajstić information content (AvgIpc) is 2.77. The van der Waals surface area contributed by atoms with E-state index in [0.29, 0.717) is 5.92 Å². The van der Waals surface area contributed by atoms with Crippen LogP contribution in [0.2, 0.25) is 0 Å². The van der Waals surface area contributed by atoms with E-state index < -0.39 is 0 Å². The van der Waals surface area contributed by atoms with Gasteiger partial charge in [-0.2, -0.15) is 5.10 Å². The fraction of sp³-hybridized carbons (Fsp3) is 0.500. The number of aryl methyl sites for hydroxylation is 1. The molecule has 1 aromatic carbocycles. The van der Waals surface area contributed by atoms with Crippen molar-refractivity contribution in [1.29, 1.82) is 0 Å². The van der Waals surface area contributed by atoms with Crippen LogP contribution in [-0.2, 0) is 5.41 Å². The Morgan fingerprint density at radius 1 is 1.04 bits per heavy atom. The highest BCUT2D eigenvalue weighted by Crippen LogP contribution is 2.31. The summed E-state index contributed by atoms with van der Waals surface area (Å²) in [6.07, 6.45) is 7.23. The van der Waals surface area contributed by atoms with Gasteiger partial charge in [-0.15, -0.1) is 0 Å². The van der Waals surface area contributed by atoms with Crippen molar-refractivity contribution in [2.75, 3.05) is 0 Å². The Morgan fingerprint density at radius 3 is 2.42 bits per heavy atom. The molecule has 0 N–H and O–H groups in total. The molecular formula is C22H30N2. The molecule has 1 aliphatic rings. The average molecular weight is 322 g/mol. The van der Waals surface area contributed by atoms with Gasteiger partial charge in [0.2, 0.25) is 0 Å². The lowest BCUT2D eigenvalue weighted by molar-refractivity contribution is 0.576. The van der Waals surface area contributed by atoms with Crippen molar-refractivity contribution in [3.05, 3.63) is 58.9 Å². The first-order valence-electron chi connectivity index (χ1n) is 9.18. The second kappa shape index (κ2) is 6.58. The van der Waals surface area contributed by atoms with Gasteiger partial charge in [-0.25, -0.2) is 4.68 Å². The molecule has 0 fully saturated rings. The Balaban J connectivity index is 1.84. The first-order chi connectivity index (χ1) is 11.3. The van der Waals surface area contributed by atoms with Crippen LogP contribution in [0, 0.1) is 6.92 Å². The van der Waals surface area contributed by atoms with Crippen LogP contribution in [0.4, 0.5) is 0 Å². The molecule has 0 bridgehead atoms. The molecule has 24 heavy (non-hydrogen) atoms. The van der Waals surface area contributed by atoms with Gasteiger partial charge in [-0.05, 0) is 68.7 Å². The zero-order valence-electron chi connectivity index (χ0n) is 15.8. The van der Waals surface area contributed by atoms with Crippen LogP contribution in [0.1, 0.15) is 76.2 Å². The Labute approximate surface area is 146 Å². The fourth-order valence-electron chi connectivity index (χ4n) is 3.54. The van der Waals surface area contributed by atoms with Crippen molar-refractivity contribution < 1.29 is 0 Å². The smallest absolute Gasteiger partial charge is 0.0662 e. The molecule has 0 radical (unpaired) electrons. The molecular weight excluding hydrogens is 292 g/mol. The highest BCUT2D eigenvalue weighted by atomic mass is 15.3. The lowest BCUT2D eigenvalue weighted by Gasteiger charge is -2.19. The second-order valence-electron chi connectivity index (χ2n) is 8.28. The minimum Gasteiger partial charge on any atom is -0.238 e. The Kier molecular flexibility index (Phi) is 4.67. The monoisotopic (exact) mass is 322 g/mol. The van der Waals surface area contributed by atoms with Crippen molar-refractivity contribution in [3.8, 4) is 5.69 Å². The van der Waals surface area contributed by atoms with Gasteiger partial charge in [-0.3, -0.25) is 0 Å². The molecule has 1 heterocycles. The summed E-state index contributed by atoms with van der Waals surface area (Å²) in [5.41, 5.74) is 6.73. The van der Waals surface area contributed by atoms with E-state index in [0.717, 1.165) is 5.69 Å². The molecule has 1 aromatic heterocycles. The molecule has 128 valence electrons. The third-order valence-corrected chi connectivity index (χ3v) is 5.20. The van der Waals surface area contributed by atoms with Crippen molar-refractivity contribution in [2.45, 2.75) is 71.6 Å². The molecule has 3 rings (SSSR count). The predicted octanol–water partition coefficient (Wildman–Crippen LogP) is 6.08. The third kappa shape index (κ3) is 3.63. The first kappa shape index (κ1) is 17.0. The summed E-state index contributed by atoms with van der Waals surface area (Å²) < 4.78 is 2.10. The van der Waals surface area contributed by atoms with E-state index in [9.17, 15) is 0 Å². The summed E-state index contributed by atoms with van der Waals surface area (Å²) in [5.74, 6) is 0.590. The second-order valence-corrected chi connectivity index (χ2v) is 8.28. The normalized spacial score (nSPS) is 19.0. The van der Waals surface area contributed by atoms with E-state index in [4.69, 9.17) is 5.10 Å². The van der Waals surface area contributed by atoms with Crippen molar-refractivity contribution in [3.63, 3.8) is 0 Å². The van der Waals surface area contributed by atoms with E-state index in [2.05, 4.69) is 75.7 Å². The minimum atomic E-state index is 0.189. The van der Waals surface area contributed by atoms with Gasteiger partial charge < -0.3 is 0 Å². The van der Waals surface area contributed by atoms with E-state index in [1.165, 1.54) is 48.2 Å². The molecule has 0 saturated heterocycles. The van der Waals surface area contributed by atoms with Gasteiger partial charge in [0, 0.05) is 11.6 Å². The Morgan fingerprint density at radius 2 is 1.75 bits per heavy atom. The summed E-state index contributed by atoms with van der Waals surface area (Å²) in [6, 6.07) is 11.1. The van der Waals surface area contributed by atoms with Crippen molar-refractivity contribution in [2.24, 2.45) is 0 Å². The molecule has 2 heteroatoms. The number of rotatable bonds is 2. The molecule has 2 nitrogen and oxygen atoms in total. The lowest BCUT2D eigenvalue weighted by atomic mass is 9.87. The maximum atomic E-state index is 4.96. The van der Waals surface area contributed by atoms with E-state index in [-0.39, 0.29) is 5.41 Å². The SMILES string of the molecule is CC1=CCCC(c2cc(C)n(-c3ccc(C(C)(C)C)cc3)n2)CC1. The maximum Gasteiger partial charge on any atom is 0.0662 e. The summed E-state index contributed by atoms with van der Waals surface area (Å²) in [6.45, 7) is 11.2. The molecule has 0 amide bonds. The van der Waals surface area contributed by atoms with Gasteiger partial charge in [-0.1, -0.05) is 44.6 Å². The quantitative estimate of drug-likeness (QED) is 0.612. The lowest BCUT2D eigenvalue weighted by Crippen LogP contribution is -2.11. The molecule has 2 aromatic rings. The topological polar surface area (TPSA) is 17.8 Å². The molecule has 1 aliphatic carbocycles. The van der Waals surface area contributed by atoms with Crippen molar-refractivity contribution in [1.82, 2.24) is 9.78 Å². The zero-order valence-corrected chi connectivity index (χ0v) is 15.8. The van der Waals surface area contributed by atoms with Crippen LogP contribution in [0.25, 0.3) is 5.69 Å². The van der Waals surface area contributed by atoms with Gasteiger partial charge in [0.15, 0.2) is 0 Å². The van der Waals surface area contributed by atoms with Gasteiger partial charge in [0.05, 0.1) is 11.4 Å². The largest absolute Gasteiger partial charge is 0.238 e. The number of nitrogens with zero attached hydrogens (tertiary/aromatic N) is 2. The fourth-order valence-corrected chi connectivity index (χ4v) is 3.54. The molecule has 1 atom stereocenters. The van der Waals surface area contributed by atoms with E-state index in [1.807, 2.05) is 0 Å².